The molecular weight excluding hydrogens is 851 g/mol. The lowest BCUT2D eigenvalue weighted by molar-refractivity contribution is -0.146. The van der Waals surface area contributed by atoms with Crippen LogP contribution in [0.3, 0.4) is 0 Å². The van der Waals surface area contributed by atoms with E-state index >= 15 is 0 Å². The van der Waals surface area contributed by atoms with Crippen LogP contribution in [0.15, 0.2) is 0 Å². The number of aliphatic hydroxyl groups excluding tert-OH is 6. The molecule has 66 heavy (non-hydrogen) atoms. The Morgan fingerprint density at radius 3 is 0.970 bits per heavy atom. The number of hydrogen-bond acceptors (Lipinski definition) is 16. The molecule has 0 aromatic carbocycles. The molecule has 0 radical (unpaired) electrons. The maximum atomic E-state index is 10.6. The summed E-state index contributed by atoms with van der Waals surface area (Å²) < 4.78 is 18.7. The van der Waals surface area contributed by atoms with E-state index in [0.29, 0.717) is 52.2 Å². The van der Waals surface area contributed by atoms with Crippen molar-refractivity contribution in [1.29, 1.82) is 0 Å². The lowest BCUT2D eigenvalue weighted by Gasteiger charge is -2.08. The molecule has 0 fully saturated rings. The fourth-order valence-corrected chi connectivity index (χ4v) is 4.30. The van der Waals surface area contributed by atoms with E-state index in [0.717, 1.165) is 77.3 Å². The second-order valence-corrected chi connectivity index (χ2v) is 14.0. The molecule has 0 saturated heterocycles. The third kappa shape index (κ3) is 114. The fourth-order valence-electron chi connectivity index (χ4n) is 4.30. The molecule has 0 aliphatic rings. The molecule has 6 atom stereocenters. The summed E-state index contributed by atoms with van der Waals surface area (Å²) in [6.07, 6.45) is 9.65. The van der Waals surface area contributed by atoms with E-state index in [1.807, 2.05) is 41.8 Å². The summed E-state index contributed by atoms with van der Waals surface area (Å²) in [6, 6.07) is 0. The van der Waals surface area contributed by atoms with Gasteiger partial charge in [-0.15, -0.1) is 0 Å². The molecule has 16 heteroatoms. The van der Waals surface area contributed by atoms with Crippen molar-refractivity contribution in [1.82, 2.24) is 16.0 Å². The molecule has 0 aromatic rings. The standard InChI is InChI=1S/C8H16O3.C7H17NO.C7H14O3.C7H16O2.2C6H15NO.C4H8O2.5CH4/c1-3-5-7(9)6-11-8(10)4-2;1-3-5-7(9)6-8-4-2;1-3-4-7(9)5-10-6(2)8;1-3-5-7(8)6-9-4-2;2*1-3-4-6(8)5-7-2;1-3-6-4(2)5;;;;;/h7,9H,3-6H2,1-2H3;7-9H,3-6H2,1-2H3;7,9H,3-5H2,1-2H3;7-8H,3-6H2,1-2H3;2*6-8H,3-5H2,1-2H3;3H2,1-2H3;5*1H4. The van der Waals surface area contributed by atoms with Crippen molar-refractivity contribution in [3.63, 3.8) is 0 Å². The predicted molar refractivity (Wildman–Crippen MR) is 282 cm³/mol. The molecule has 0 amide bonds. The summed E-state index contributed by atoms with van der Waals surface area (Å²) in [5, 5.41) is 63.2. The SMILES string of the molecule is C.C.C.C.C.CCCC(O)CNC.CCCC(O)CNC.CCCC(O)CNCC.CCCC(O)COC(=O)CC.CCCC(O)COC(C)=O.CCCC(O)COCC.CCOC(C)=O. The summed E-state index contributed by atoms with van der Waals surface area (Å²) in [5.41, 5.74) is 0. The van der Waals surface area contributed by atoms with E-state index < -0.39 is 12.2 Å². The van der Waals surface area contributed by atoms with Crippen LogP contribution in [0.5, 0.6) is 0 Å². The van der Waals surface area contributed by atoms with Gasteiger partial charge in [-0.25, -0.2) is 0 Å². The minimum Gasteiger partial charge on any atom is -0.466 e. The molecule has 0 bridgehead atoms. The molecule has 0 aromatic heterocycles. The Hall–Kier alpha value is -1.99. The minimum absolute atomic E-state index is 0. The highest BCUT2D eigenvalue weighted by Crippen LogP contribution is 1.99. The van der Waals surface area contributed by atoms with Gasteiger partial charge in [0, 0.05) is 46.5 Å². The molecule has 9 N–H and O–H groups in total. The van der Waals surface area contributed by atoms with Gasteiger partial charge < -0.3 is 65.5 Å². The van der Waals surface area contributed by atoms with Crippen LogP contribution in [-0.2, 0) is 33.3 Å². The van der Waals surface area contributed by atoms with Gasteiger partial charge in [0.05, 0.1) is 49.8 Å². The van der Waals surface area contributed by atoms with E-state index in [1.54, 1.807) is 13.8 Å². The Kier molecular flexibility index (Phi) is 118. The predicted octanol–water partition coefficient (Wildman–Crippen LogP) is 8.24. The Morgan fingerprint density at radius 2 is 0.727 bits per heavy atom. The largest absolute Gasteiger partial charge is 0.466 e. The second-order valence-electron chi connectivity index (χ2n) is 14.0. The Balaban J connectivity index is -0.0000000512. The lowest BCUT2D eigenvalue weighted by atomic mass is 10.2. The van der Waals surface area contributed by atoms with Gasteiger partial charge in [-0.05, 0) is 73.0 Å². The first-order valence-electron chi connectivity index (χ1n) is 23.0. The van der Waals surface area contributed by atoms with Crippen molar-refractivity contribution < 1.29 is 64.0 Å². The van der Waals surface area contributed by atoms with Gasteiger partial charge in [0.25, 0.3) is 0 Å². The average Bonchev–Trinajstić information content (AvgIpc) is 3.20. The number of aliphatic hydroxyl groups is 6. The van der Waals surface area contributed by atoms with Gasteiger partial charge in [0.15, 0.2) is 0 Å². The van der Waals surface area contributed by atoms with Crippen molar-refractivity contribution in [3.05, 3.63) is 0 Å². The zero-order valence-electron chi connectivity index (χ0n) is 41.6. The second kappa shape index (κ2) is 83.1. The summed E-state index contributed by atoms with van der Waals surface area (Å²) in [6.45, 7) is 27.5. The molecule has 0 aliphatic carbocycles. The quantitative estimate of drug-likeness (QED) is 0.0265. The summed E-state index contributed by atoms with van der Waals surface area (Å²) in [4.78, 5) is 30.6. The summed E-state index contributed by atoms with van der Waals surface area (Å²) in [7, 11) is 3.69. The highest BCUT2D eigenvalue weighted by molar-refractivity contribution is 5.68. The van der Waals surface area contributed by atoms with Crippen LogP contribution in [0.2, 0.25) is 0 Å². The van der Waals surface area contributed by atoms with Crippen LogP contribution in [0.1, 0.15) is 204 Å². The van der Waals surface area contributed by atoms with Crippen molar-refractivity contribution in [2.45, 2.75) is 240 Å². The van der Waals surface area contributed by atoms with Crippen molar-refractivity contribution >= 4 is 17.9 Å². The van der Waals surface area contributed by atoms with Crippen LogP contribution < -0.4 is 16.0 Å². The van der Waals surface area contributed by atoms with Crippen LogP contribution in [0, 0.1) is 0 Å². The van der Waals surface area contributed by atoms with E-state index in [1.165, 1.54) is 13.8 Å². The number of likely N-dealkylation sites (N-methyl/N-ethyl adjacent to an activating group) is 3. The Morgan fingerprint density at radius 1 is 0.424 bits per heavy atom. The highest BCUT2D eigenvalue weighted by Gasteiger charge is 2.06. The maximum Gasteiger partial charge on any atom is 0.305 e. The first-order valence-corrected chi connectivity index (χ1v) is 23.0. The molecular formula is C50H121N3O13. The third-order valence-electron chi connectivity index (χ3n) is 7.31. The number of ether oxygens (including phenoxy) is 4. The van der Waals surface area contributed by atoms with Crippen LogP contribution in [0.25, 0.3) is 0 Å². The third-order valence-corrected chi connectivity index (χ3v) is 7.31. The van der Waals surface area contributed by atoms with Crippen molar-refractivity contribution in [2.75, 3.05) is 73.3 Å². The van der Waals surface area contributed by atoms with Crippen LogP contribution in [0.4, 0.5) is 0 Å². The number of nitrogens with one attached hydrogen (secondary N) is 3. The monoisotopic (exact) mass is 972 g/mol. The van der Waals surface area contributed by atoms with Crippen LogP contribution >= 0.6 is 0 Å². The Bertz CT molecular complexity index is 793. The average molecular weight is 973 g/mol. The van der Waals surface area contributed by atoms with E-state index in [-0.39, 0.29) is 92.7 Å². The number of rotatable bonds is 28. The van der Waals surface area contributed by atoms with Gasteiger partial charge in [0.1, 0.15) is 13.2 Å². The number of carbonyl (C=O) groups excluding carboxylic acids is 3. The molecule has 0 saturated carbocycles. The van der Waals surface area contributed by atoms with Gasteiger partial charge in [0.2, 0.25) is 0 Å². The summed E-state index contributed by atoms with van der Waals surface area (Å²) >= 11 is 0. The maximum absolute atomic E-state index is 10.6. The van der Waals surface area contributed by atoms with E-state index in [2.05, 4.69) is 53.1 Å². The topological polar surface area (TPSA) is 246 Å². The minimum atomic E-state index is -0.492. The highest BCUT2D eigenvalue weighted by atomic mass is 16.5. The van der Waals surface area contributed by atoms with Gasteiger partial charge >= 0.3 is 17.9 Å². The number of carbonyl (C=O) groups is 3. The van der Waals surface area contributed by atoms with Gasteiger partial charge in [-0.2, -0.15) is 0 Å². The fraction of sp³-hybridized carbons (Fsp3) is 0.940. The van der Waals surface area contributed by atoms with Gasteiger partial charge in [-0.3, -0.25) is 14.4 Å². The normalized spacial score (nSPS) is 11.8. The molecule has 6 unspecified atom stereocenters. The smallest absolute Gasteiger partial charge is 0.305 e. The zero-order valence-corrected chi connectivity index (χ0v) is 41.6. The summed E-state index contributed by atoms with van der Waals surface area (Å²) in [5.74, 6) is -0.798. The molecule has 0 aliphatic heterocycles. The zero-order chi connectivity index (χ0) is 48.7. The van der Waals surface area contributed by atoms with E-state index in [4.69, 9.17) is 40.1 Å². The molecule has 0 spiro atoms. The molecule has 0 heterocycles. The molecule has 0 rings (SSSR count). The first-order chi connectivity index (χ1) is 28.9. The molecule has 414 valence electrons. The molecule has 16 nitrogen and oxygen atoms in total. The van der Waals surface area contributed by atoms with Crippen LogP contribution in [-0.4, -0.2) is 158 Å². The Labute approximate surface area is 410 Å². The number of hydrogen-bond donors (Lipinski definition) is 9. The first kappa shape index (κ1) is 93.9. The lowest BCUT2D eigenvalue weighted by Crippen LogP contribution is -2.26. The number of esters is 3. The van der Waals surface area contributed by atoms with Crippen molar-refractivity contribution in [2.24, 2.45) is 0 Å². The van der Waals surface area contributed by atoms with Gasteiger partial charge in [-0.1, -0.05) is 131 Å². The van der Waals surface area contributed by atoms with Crippen molar-refractivity contribution in [3.8, 4) is 0 Å². The van der Waals surface area contributed by atoms with E-state index in [9.17, 15) is 14.4 Å².